The minimum absolute atomic E-state index is 0.0388. The monoisotopic (exact) mass is 477 g/mol. The second kappa shape index (κ2) is 9.54. The van der Waals surface area contributed by atoms with Gasteiger partial charge in [0.2, 0.25) is 11.8 Å². The van der Waals surface area contributed by atoms with Gasteiger partial charge in [0.25, 0.3) is 0 Å². The Morgan fingerprint density at radius 2 is 2.03 bits per heavy atom. The van der Waals surface area contributed by atoms with Crippen LogP contribution in [0.5, 0.6) is 11.6 Å². The highest BCUT2D eigenvalue weighted by Crippen LogP contribution is 2.32. The van der Waals surface area contributed by atoms with Gasteiger partial charge in [0.05, 0.1) is 19.1 Å². The second-order valence-electron chi connectivity index (χ2n) is 8.42. The van der Waals surface area contributed by atoms with Crippen LogP contribution < -0.4 is 10.1 Å². The zero-order chi connectivity index (χ0) is 24.5. The van der Waals surface area contributed by atoms with Crippen molar-refractivity contribution in [1.29, 1.82) is 0 Å². The number of ether oxygens (including phenoxy) is 2. The van der Waals surface area contributed by atoms with Gasteiger partial charge in [0, 0.05) is 49.1 Å². The maximum absolute atomic E-state index is 13.2. The lowest BCUT2D eigenvalue weighted by molar-refractivity contribution is -0.141. The van der Waals surface area contributed by atoms with Crippen LogP contribution in [0.15, 0.2) is 36.5 Å². The average molecular weight is 477 g/mol. The van der Waals surface area contributed by atoms with Crippen LogP contribution in [0, 0.1) is 0 Å². The number of alkyl halides is 3. The maximum atomic E-state index is 13.2. The third kappa shape index (κ3) is 5.11. The summed E-state index contributed by atoms with van der Waals surface area (Å²) in [5.74, 6) is -0.913. The van der Waals surface area contributed by atoms with Gasteiger partial charge < -0.3 is 24.5 Å². The van der Waals surface area contributed by atoms with E-state index in [4.69, 9.17) is 9.47 Å². The van der Waals surface area contributed by atoms with Crippen molar-refractivity contribution in [3.8, 4) is 11.6 Å². The lowest BCUT2D eigenvalue weighted by Crippen LogP contribution is -2.29. The third-order valence-electron chi connectivity index (χ3n) is 5.99. The summed E-state index contributed by atoms with van der Waals surface area (Å²) < 4.78 is 52.6. The molecule has 2 aromatic heterocycles. The van der Waals surface area contributed by atoms with Gasteiger partial charge in [-0.1, -0.05) is 0 Å². The molecule has 182 valence electrons. The van der Waals surface area contributed by atoms with E-state index in [0.29, 0.717) is 31.6 Å². The van der Waals surface area contributed by atoms with Crippen molar-refractivity contribution in [2.45, 2.75) is 44.5 Å². The number of hydrogen-bond acceptors (Lipinski definition) is 5. The number of nitrogens with zero attached hydrogens (tertiary/aromatic N) is 2. The van der Waals surface area contributed by atoms with E-state index in [9.17, 15) is 23.1 Å². The van der Waals surface area contributed by atoms with Crippen molar-refractivity contribution >= 4 is 16.8 Å². The molecular formula is C24H26F3N3O4. The van der Waals surface area contributed by atoms with Gasteiger partial charge in [0.1, 0.15) is 17.5 Å². The molecule has 1 aromatic carbocycles. The highest BCUT2D eigenvalue weighted by molar-refractivity contribution is 5.92. The number of phenolic OH excluding ortho intramolecular Hbond substituents is 1. The Labute approximate surface area is 194 Å². The van der Waals surface area contributed by atoms with E-state index in [2.05, 4.69) is 10.3 Å². The molecule has 0 radical (unpaired) electrons. The van der Waals surface area contributed by atoms with Crippen LogP contribution in [0.1, 0.15) is 42.5 Å². The van der Waals surface area contributed by atoms with Crippen molar-refractivity contribution < 1.29 is 32.5 Å². The van der Waals surface area contributed by atoms with Crippen molar-refractivity contribution in [2.75, 3.05) is 13.2 Å². The molecule has 0 aliphatic carbocycles. The van der Waals surface area contributed by atoms with E-state index in [1.54, 1.807) is 25.1 Å². The van der Waals surface area contributed by atoms with Crippen molar-refractivity contribution in [3.63, 3.8) is 0 Å². The molecule has 3 aromatic rings. The predicted octanol–water partition coefficient (Wildman–Crippen LogP) is 4.28. The largest absolute Gasteiger partial charge is 0.508 e. The van der Waals surface area contributed by atoms with E-state index in [0.717, 1.165) is 22.5 Å². The summed E-state index contributed by atoms with van der Waals surface area (Å²) in [6.07, 6.45) is -1.98. The summed E-state index contributed by atoms with van der Waals surface area (Å²) in [7, 11) is 1.85. The molecule has 1 amide bonds. The molecule has 1 unspecified atom stereocenters. The minimum Gasteiger partial charge on any atom is -0.508 e. The minimum atomic E-state index is -4.61. The lowest BCUT2D eigenvalue weighted by Gasteiger charge is -2.24. The highest BCUT2D eigenvalue weighted by atomic mass is 19.4. The first-order valence-corrected chi connectivity index (χ1v) is 11.0. The first-order chi connectivity index (χ1) is 16.1. The summed E-state index contributed by atoms with van der Waals surface area (Å²) in [4.78, 5) is 16.6. The Morgan fingerprint density at radius 3 is 2.74 bits per heavy atom. The number of hydrogen-bond donors (Lipinski definition) is 2. The zero-order valence-electron chi connectivity index (χ0n) is 18.9. The van der Waals surface area contributed by atoms with Crippen molar-refractivity contribution in [3.05, 3.63) is 53.3 Å². The maximum Gasteiger partial charge on any atom is 0.433 e. The predicted molar refractivity (Wildman–Crippen MR) is 119 cm³/mol. The molecule has 10 heteroatoms. The van der Waals surface area contributed by atoms with Gasteiger partial charge in [0.15, 0.2) is 0 Å². The average Bonchev–Trinajstić information content (AvgIpc) is 3.13. The number of rotatable bonds is 6. The van der Waals surface area contributed by atoms with Gasteiger partial charge in [-0.15, -0.1) is 0 Å². The summed E-state index contributed by atoms with van der Waals surface area (Å²) in [6.45, 7) is 2.63. The molecule has 7 nitrogen and oxygen atoms in total. The molecular weight excluding hydrogens is 451 g/mol. The molecule has 0 spiro atoms. The number of benzene rings is 1. The Balaban J connectivity index is 1.53. The number of amides is 1. The SMILES string of the molecule is CC(C(=O)NCc1ccc(C(F)(F)F)nc1OC1CCOCC1)c1cn(C)c2ccc(O)cc12. The molecule has 1 aliphatic rings. The molecule has 34 heavy (non-hydrogen) atoms. The van der Waals surface area contributed by atoms with Crippen LogP contribution in [0.4, 0.5) is 13.2 Å². The van der Waals surface area contributed by atoms with E-state index in [1.165, 1.54) is 6.07 Å². The fourth-order valence-corrected chi connectivity index (χ4v) is 4.05. The number of aromatic hydroxyl groups is 1. The number of halogens is 3. The van der Waals surface area contributed by atoms with Gasteiger partial charge in [-0.05, 0) is 42.8 Å². The highest BCUT2D eigenvalue weighted by Gasteiger charge is 2.34. The van der Waals surface area contributed by atoms with E-state index in [-0.39, 0.29) is 30.2 Å². The second-order valence-corrected chi connectivity index (χ2v) is 8.42. The number of fused-ring (bicyclic) bond motifs is 1. The molecule has 1 fully saturated rings. The summed E-state index contributed by atoms with van der Waals surface area (Å²) >= 11 is 0. The zero-order valence-corrected chi connectivity index (χ0v) is 18.9. The Morgan fingerprint density at radius 1 is 1.29 bits per heavy atom. The van der Waals surface area contributed by atoms with Crippen LogP contribution in [0.3, 0.4) is 0 Å². The van der Waals surface area contributed by atoms with Crippen molar-refractivity contribution in [2.24, 2.45) is 7.05 Å². The third-order valence-corrected chi connectivity index (χ3v) is 5.99. The molecule has 4 rings (SSSR count). The quantitative estimate of drug-likeness (QED) is 0.554. The number of carbonyl (C=O) groups is 1. The summed E-state index contributed by atoms with van der Waals surface area (Å²) in [5.41, 5.74) is 0.908. The Kier molecular flexibility index (Phi) is 6.70. The normalized spacial score (nSPS) is 15.9. The number of phenols is 1. The molecule has 1 saturated heterocycles. The molecule has 1 aliphatic heterocycles. The van der Waals surface area contributed by atoms with Crippen LogP contribution in [0.2, 0.25) is 0 Å². The Bertz CT molecular complexity index is 1190. The van der Waals surface area contributed by atoms with Crippen LogP contribution >= 0.6 is 0 Å². The topological polar surface area (TPSA) is 85.6 Å². The number of aromatic nitrogens is 2. The van der Waals surface area contributed by atoms with Crippen LogP contribution in [0.25, 0.3) is 10.9 Å². The van der Waals surface area contributed by atoms with E-state index < -0.39 is 17.8 Å². The fraction of sp³-hybridized carbons (Fsp3) is 0.417. The standard InChI is InChI=1S/C24H26F3N3O4/c1-14(19-13-30(2)20-5-4-16(31)11-18(19)20)22(32)28-12-15-3-6-21(24(25,26)27)29-23(15)34-17-7-9-33-10-8-17/h3-6,11,13-14,17,31H,7-10,12H2,1-2H3,(H,28,32). The van der Waals surface area contributed by atoms with Crippen LogP contribution in [-0.4, -0.2) is 39.9 Å². The number of carbonyl (C=O) groups excluding carboxylic acids is 1. The lowest BCUT2D eigenvalue weighted by atomic mass is 9.99. The molecule has 0 saturated carbocycles. The van der Waals surface area contributed by atoms with Crippen molar-refractivity contribution in [1.82, 2.24) is 14.9 Å². The number of pyridine rings is 1. The fourth-order valence-electron chi connectivity index (χ4n) is 4.05. The van der Waals surface area contributed by atoms with Gasteiger partial charge in [-0.3, -0.25) is 4.79 Å². The first kappa shape index (κ1) is 23.9. The molecule has 3 heterocycles. The summed E-state index contributed by atoms with van der Waals surface area (Å²) in [5, 5.41) is 13.4. The molecule has 1 atom stereocenters. The molecule has 0 bridgehead atoms. The Hall–Kier alpha value is -3.27. The smallest absolute Gasteiger partial charge is 0.433 e. The van der Waals surface area contributed by atoms with Gasteiger partial charge in [-0.2, -0.15) is 13.2 Å². The van der Waals surface area contributed by atoms with E-state index in [1.807, 2.05) is 17.8 Å². The number of aryl methyl sites for hydroxylation is 1. The molecule has 2 N–H and O–H groups in total. The van der Waals surface area contributed by atoms with Gasteiger partial charge >= 0.3 is 6.18 Å². The number of nitrogens with one attached hydrogen (secondary N) is 1. The van der Waals surface area contributed by atoms with Crippen LogP contribution in [-0.2, 0) is 29.3 Å². The van der Waals surface area contributed by atoms with E-state index >= 15 is 0 Å². The van der Waals surface area contributed by atoms with Gasteiger partial charge in [-0.25, -0.2) is 4.98 Å². The first-order valence-electron chi connectivity index (χ1n) is 11.0. The summed E-state index contributed by atoms with van der Waals surface area (Å²) in [6, 6.07) is 7.12.